The van der Waals surface area contributed by atoms with Gasteiger partial charge in [-0.25, -0.2) is 0 Å². The average Bonchev–Trinajstić information content (AvgIpc) is 3.30. The molecule has 2 aliphatic rings. The summed E-state index contributed by atoms with van der Waals surface area (Å²) in [6.45, 7) is 0. The number of carbonyl (C=O) groups excluding carboxylic acids is 1. The highest BCUT2D eigenvalue weighted by molar-refractivity contribution is 6.17. The largest absolute Gasteiger partial charge is 0.496 e. The zero-order chi connectivity index (χ0) is 28.5. The molecule has 0 aromatic heterocycles. The number of fused-ring (bicyclic) bond motifs is 11. The van der Waals surface area contributed by atoms with Crippen LogP contribution in [0.4, 0.5) is 0 Å². The topological polar surface area (TPSA) is 63.2 Å². The van der Waals surface area contributed by atoms with Crippen LogP contribution >= 0.6 is 0 Å². The first kappa shape index (κ1) is 25.0. The minimum atomic E-state index is -0.915. The summed E-state index contributed by atoms with van der Waals surface area (Å²) >= 11 is 0. The molecule has 0 N–H and O–H groups in total. The lowest BCUT2D eigenvalue weighted by Crippen LogP contribution is -2.31. The van der Waals surface area contributed by atoms with Gasteiger partial charge >= 0.3 is 0 Å². The van der Waals surface area contributed by atoms with E-state index in [0.29, 0.717) is 22.8 Å². The second-order valence-corrected chi connectivity index (χ2v) is 10.2. The van der Waals surface area contributed by atoms with Gasteiger partial charge in [0.15, 0.2) is 5.78 Å². The van der Waals surface area contributed by atoms with Crippen molar-refractivity contribution in [2.75, 3.05) is 35.5 Å². The normalized spacial score (nSPS) is 16.5. The quantitative estimate of drug-likeness (QED) is 0.235. The molecule has 0 fully saturated rings. The molecule has 5 aromatic rings. The Morgan fingerprint density at radius 1 is 0.561 bits per heavy atom. The van der Waals surface area contributed by atoms with Crippen LogP contribution in [0.3, 0.4) is 0 Å². The third-order valence-corrected chi connectivity index (χ3v) is 8.53. The van der Waals surface area contributed by atoms with Gasteiger partial charge in [-0.05, 0) is 58.7 Å². The van der Waals surface area contributed by atoms with Crippen molar-refractivity contribution in [3.05, 3.63) is 101 Å². The third-order valence-electron chi connectivity index (χ3n) is 8.53. The van der Waals surface area contributed by atoms with E-state index in [1.54, 1.807) is 41.6 Å². The van der Waals surface area contributed by atoms with Gasteiger partial charge in [-0.3, -0.25) is 4.79 Å². The lowest BCUT2D eigenvalue weighted by atomic mass is 9.66. The van der Waals surface area contributed by atoms with Gasteiger partial charge in [0, 0.05) is 32.7 Å². The summed E-state index contributed by atoms with van der Waals surface area (Å²) in [5.74, 6) is 3.39. The maximum atomic E-state index is 13.4. The van der Waals surface area contributed by atoms with E-state index >= 15 is 0 Å². The molecule has 0 saturated heterocycles. The number of ketones is 1. The zero-order valence-corrected chi connectivity index (χ0v) is 23.5. The monoisotopic (exact) mass is 544 g/mol. The predicted molar refractivity (Wildman–Crippen MR) is 159 cm³/mol. The Morgan fingerprint density at radius 3 is 1.78 bits per heavy atom. The molecule has 2 aliphatic carbocycles. The molecule has 1 atom stereocenters. The van der Waals surface area contributed by atoms with Gasteiger partial charge in [0.1, 0.15) is 28.7 Å². The van der Waals surface area contributed by atoms with Crippen molar-refractivity contribution in [1.82, 2.24) is 0 Å². The maximum absolute atomic E-state index is 13.4. The minimum Gasteiger partial charge on any atom is -0.496 e. The van der Waals surface area contributed by atoms with Crippen LogP contribution in [0.2, 0.25) is 0 Å². The summed E-state index contributed by atoms with van der Waals surface area (Å²) in [7, 11) is 8.33. The summed E-state index contributed by atoms with van der Waals surface area (Å²) in [6, 6.07) is 21.7. The molecule has 7 rings (SSSR count). The molecule has 0 bridgehead atoms. The van der Waals surface area contributed by atoms with Gasteiger partial charge in [0.25, 0.3) is 0 Å². The number of ether oxygens (including phenoxy) is 5. The Hall–Kier alpha value is -4.97. The highest BCUT2D eigenvalue weighted by atomic mass is 16.5. The van der Waals surface area contributed by atoms with Gasteiger partial charge in [0.05, 0.1) is 41.0 Å². The lowest BCUT2D eigenvalue weighted by molar-refractivity contribution is 0.104. The SMILES string of the molecule is COc1cccc2c1[C@]1(C=CC2=O)c2cc(OC)c3cccc(OC)c3c2-c2cc(OC)c3cccc(OC)c3c21. The first-order valence-electron chi connectivity index (χ1n) is 13.3. The van der Waals surface area contributed by atoms with E-state index in [1.165, 1.54) is 0 Å². The molecule has 0 radical (unpaired) electrons. The fraction of sp³-hybridized carbons (Fsp3) is 0.171. The Balaban J connectivity index is 1.83. The molecule has 5 aromatic carbocycles. The number of rotatable bonds is 5. The summed E-state index contributed by atoms with van der Waals surface area (Å²) in [5.41, 5.74) is 4.33. The van der Waals surface area contributed by atoms with Gasteiger partial charge in [-0.15, -0.1) is 0 Å². The molecule has 0 unspecified atom stereocenters. The van der Waals surface area contributed by atoms with E-state index in [-0.39, 0.29) is 5.78 Å². The molecule has 0 heterocycles. The second-order valence-electron chi connectivity index (χ2n) is 10.2. The summed E-state index contributed by atoms with van der Waals surface area (Å²) in [5, 5.41) is 3.64. The summed E-state index contributed by atoms with van der Waals surface area (Å²) < 4.78 is 29.9. The molecule has 1 spiro atoms. The first-order valence-corrected chi connectivity index (χ1v) is 13.3. The molecule has 0 amide bonds. The van der Waals surface area contributed by atoms with Crippen LogP contribution < -0.4 is 23.7 Å². The zero-order valence-electron chi connectivity index (χ0n) is 23.5. The van der Waals surface area contributed by atoms with E-state index < -0.39 is 5.41 Å². The van der Waals surface area contributed by atoms with E-state index in [0.717, 1.165) is 60.9 Å². The fourth-order valence-corrected chi connectivity index (χ4v) is 6.95. The summed E-state index contributed by atoms with van der Waals surface area (Å²) in [4.78, 5) is 13.4. The van der Waals surface area contributed by atoms with Crippen LogP contribution in [-0.2, 0) is 5.41 Å². The molecule has 6 nitrogen and oxygen atoms in total. The van der Waals surface area contributed by atoms with Crippen molar-refractivity contribution in [2.45, 2.75) is 5.41 Å². The van der Waals surface area contributed by atoms with Crippen molar-refractivity contribution in [1.29, 1.82) is 0 Å². The van der Waals surface area contributed by atoms with Crippen LogP contribution in [0.15, 0.2) is 78.9 Å². The van der Waals surface area contributed by atoms with Crippen LogP contribution in [0, 0.1) is 0 Å². The molecule has 0 saturated carbocycles. The number of benzene rings is 5. The van der Waals surface area contributed by atoms with Gasteiger partial charge < -0.3 is 23.7 Å². The highest BCUT2D eigenvalue weighted by Gasteiger charge is 2.51. The van der Waals surface area contributed by atoms with Crippen LogP contribution in [-0.4, -0.2) is 41.3 Å². The highest BCUT2D eigenvalue weighted by Crippen LogP contribution is 2.64. The van der Waals surface area contributed by atoms with Crippen molar-refractivity contribution < 1.29 is 28.5 Å². The fourth-order valence-electron chi connectivity index (χ4n) is 6.95. The first-order chi connectivity index (χ1) is 20.0. The van der Waals surface area contributed by atoms with Crippen molar-refractivity contribution >= 4 is 27.3 Å². The van der Waals surface area contributed by atoms with Crippen LogP contribution in [0.5, 0.6) is 28.7 Å². The van der Waals surface area contributed by atoms with E-state index in [2.05, 4.69) is 12.1 Å². The minimum absolute atomic E-state index is 0.0744. The number of hydrogen-bond acceptors (Lipinski definition) is 6. The number of hydrogen-bond donors (Lipinski definition) is 0. The molecule has 0 aliphatic heterocycles. The van der Waals surface area contributed by atoms with Gasteiger partial charge in [-0.2, -0.15) is 0 Å². The number of methoxy groups -OCH3 is 5. The molecule has 204 valence electrons. The summed E-state index contributed by atoms with van der Waals surface area (Å²) in [6.07, 6.45) is 3.68. The Bertz CT molecular complexity index is 1950. The van der Waals surface area contributed by atoms with Crippen molar-refractivity contribution in [2.24, 2.45) is 0 Å². The molecular weight excluding hydrogens is 516 g/mol. The standard InChI is InChI=1S/C35H28O6/c1-37-25-12-7-10-20-29(41-5)18-23-30(31(20)25)22-17-28(40-4)21-11-8-13-26(38-2)32(21)34(22)35(23)16-15-24(36)19-9-6-14-27(39-3)33(19)35/h6-18H,1-5H3/t35-/m0/s1. The number of carbonyl (C=O) groups is 1. The lowest BCUT2D eigenvalue weighted by Gasteiger charge is -2.36. The van der Waals surface area contributed by atoms with E-state index in [4.69, 9.17) is 23.7 Å². The average molecular weight is 545 g/mol. The van der Waals surface area contributed by atoms with Crippen LogP contribution in [0.1, 0.15) is 27.0 Å². The molecule has 41 heavy (non-hydrogen) atoms. The Kier molecular flexibility index (Phi) is 5.51. The van der Waals surface area contributed by atoms with Crippen molar-refractivity contribution in [3.63, 3.8) is 0 Å². The molecular formula is C35H28O6. The van der Waals surface area contributed by atoms with E-state index in [1.807, 2.05) is 60.7 Å². The van der Waals surface area contributed by atoms with Gasteiger partial charge in [0.2, 0.25) is 0 Å². The number of allylic oxidation sites excluding steroid dienone is 2. The van der Waals surface area contributed by atoms with Gasteiger partial charge in [-0.1, -0.05) is 42.5 Å². The van der Waals surface area contributed by atoms with E-state index in [9.17, 15) is 4.79 Å². The molecule has 6 heteroatoms. The van der Waals surface area contributed by atoms with Crippen molar-refractivity contribution in [3.8, 4) is 39.9 Å². The smallest absolute Gasteiger partial charge is 0.186 e. The second kappa shape index (κ2) is 9.03. The third kappa shape index (κ3) is 3.10. The maximum Gasteiger partial charge on any atom is 0.186 e. The van der Waals surface area contributed by atoms with Crippen LogP contribution in [0.25, 0.3) is 32.7 Å². The Labute approximate surface area is 237 Å². The predicted octanol–water partition coefficient (Wildman–Crippen LogP) is 7.10. The Morgan fingerprint density at radius 2 is 1.12 bits per heavy atom.